The second kappa shape index (κ2) is 8.96. The molecule has 0 N–H and O–H groups in total. The molecule has 6 heteroatoms. The van der Waals surface area contributed by atoms with Crippen molar-refractivity contribution >= 4 is 21.6 Å². The van der Waals surface area contributed by atoms with Gasteiger partial charge < -0.3 is 4.90 Å². The van der Waals surface area contributed by atoms with Crippen molar-refractivity contribution in [3.05, 3.63) is 66.2 Å². The molecule has 0 saturated carbocycles. The fourth-order valence-electron chi connectivity index (χ4n) is 3.00. The summed E-state index contributed by atoms with van der Waals surface area (Å²) in [7, 11) is -3.44. The molecular formula is C20H26N2O3S. The zero-order valence-electron chi connectivity index (χ0n) is 15.5. The van der Waals surface area contributed by atoms with E-state index < -0.39 is 10.0 Å². The monoisotopic (exact) mass is 374 g/mol. The Kier molecular flexibility index (Phi) is 6.94. The molecule has 1 amide bonds. The number of hydrogen-bond donors (Lipinski definition) is 0. The smallest absolute Gasteiger partial charge is 0.228 e. The van der Waals surface area contributed by atoms with Gasteiger partial charge in [0.25, 0.3) is 0 Å². The molecule has 0 saturated heterocycles. The van der Waals surface area contributed by atoms with Gasteiger partial charge >= 0.3 is 0 Å². The van der Waals surface area contributed by atoms with Gasteiger partial charge in [-0.25, -0.2) is 8.42 Å². The van der Waals surface area contributed by atoms with Gasteiger partial charge in [-0.2, -0.15) is 4.31 Å². The van der Waals surface area contributed by atoms with Crippen molar-refractivity contribution in [1.82, 2.24) is 4.31 Å². The summed E-state index contributed by atoms with van der Waals surface area (Å²) in [5, 5.41) is 0. The average molecular weight is 375 g/mol. The number of hydrogen-bond acceptors (Lipinski definition) is 3. The first kappa shape index (κ1) is 20.1. The van der Waals surface area contributed by atoms with Crippen molar-refractivity contribution in [2.75, 3.05) is 24.2 Å². The lowest BCUT2D eigenvalue weighted by atomic mass is 10.1. The number of rotatable bonds is 8. The molecule has 1 atom stereocenters. The predicted molar refractivity (Wildman–Crippen MR) is 105 cm³/mol. The molecule has 0 radical (unpaired) electrons. The van der Waals surface area contributed by atoms with E-state index in [1.165, 1.54) is 10.6 Å². The van der Waals surface area contributed by atoms with E-state index in [0.717, 1.165) is 11.3 Å². The standard InChI is InChI=1S/C20H26N2O3S/c1-4-21(19-13-9-6-10-14-19)20(23)15-16-22(26(3,24)25)17(2)18-11-7-5-8-12-18/h5-14,17H,4,15-16H2,1-3H3. The number of benzene rings is 2. The van der Waals surface area contributed by atoms with Crippen LogP contribution in [0.3, 0.4) is 0 Å². The van der Waals surface area contributed by atoms with Crippen LogP contribution in [0, 0.1) is 0 Å². The molecule has 0 aliphatic heterocycles. The van der Waals surface area contributed by atoms with Gasteiger partial charge in [0, 0.05) is 31.2 Å². The Morgan fingerprint density at radius 1 is 1.00 bits per heavy atom. The Bertz CT molecular complexity index is 807. The number of sulfonamides is 1. The molecule has 2 aromatic carbocycles. The van der Waals surface area contributed by atoms with E-state index in [-0.39, 0.29) is 24.9 Å². The van der Waals surface area contributed by atoms with Crippen LogP contribution in [-0.2, 0) is 14.8 Å². The number of carbonyl (C=O) groups excluding carboxylic acids is 1. The highest BCUT2D eigenvalue weighted by Crippen LogP contribution is 2.23. The van der Waals surface area contributed by atoms with Crippen molar-refractivity contribution in [2.24, 2.45) is 0 Å². The molecule has 26 heavy (non-hydrogen) atoms. The first-order valence-electron chi connectivity index (χ1n) is 8.71. The molecule has 0 heterocycles. The molecule has 2 rings (SSSR count). The summed E-state index contributed by atoms with van der Waals surface area (Å²) < 4.78 is 25.9. The summed E-state index contributed by atoms with van der Waals surface area (Å²) >= 11 is 0. The second-order valence-corrected chi connectivity index (χ2v) is 8.12. The van der Waals surface area contributed by atoms with Crippen molar-refractivity contribution in [3.63, 3.8) is 0 Å². The van der Waals surface area contributed by atoms with Gasteiger partial charge in [-0.1, -0.05) is 48.5 Å². The normalized spacial score (nSPS) is 12.8. The third-order valence-electron chi connectivity index (χ3n) is 4.37. The minimum atomic E-state index is -3.44. The van der Waals surface area contributed by atoms with Gasteiger partial charge in [-0.3, -0.25) is 4.79 Å². The number of amides is 1. The van der Waals surface area contributed by atoms with E-state index in [9.17, 15) is 13.2 Å². The fraction of sp³-hybridized carbons (Fsp3) is 0.350. The zero-order chi connectivity index (χ0) is 19.2. The van der Waals surface area contributed by atoms with Crippen LogP contribution >= 0.6 is 0 Å². The van der Waals surface area contributed by atoms with Crippen LogP contribution in [0.4, 0.5) is 5.69 Å². The lowest BCUT2D eigenvalue weighted by molar-refractivity contribution is -0.118. The third kappa shape index (κ3) is 5.16. The lowest BCUT2D eigenvalue weighted by Crippen LogP contribution is -2.38. The first-order valence-corrected chi connectivity index (χ1v) is 10.6. The van der Waals surface area contributed by atoms with Crippen LogP contribution in [-0.4, -0.2) is 38.0 Å². The van der Waals surface area contributed by atoms with Gasteiger partial charge in [0.15, 0.2) is 0 Å². The molecule has 0 aromatic heterocycles. The van der Waals surface area contributed by atoms with Crippen LogP contribution in [0.1, 0.15) is 31.9 Å². The Morgan fingerprint density at radius 2 is 1.54 bits per heavy atom. The summed E-state index contributed by atoms with van der Waals surface area (Å²) in [6.07, 6.45) is 1.32. The molecule has 1 unspecified atom stereocenters. The molecular weight excluding hydrogens is 348 g/mol. The summed E-state index contributed by atoms with van der Waals surface area (Å²) in [6, 6.07) is 18.5. The third-order valence-corrected chi connectivity index (χ3v) is 5.72. The van der Waals surface area contributed by atoms with Crippen LogP contribution in [0.15, 0.2) is 60.7 Å². The van der Waals surface area contributed by atoms with Crippen LogP contribution in [0.5, 0.6) is 0 Å². The second-order valence-electron chi connectivity index (χ2n) is 6.18. The maximum absolute atomic E-state index is 12.7. The molecule has 140 valence electrons. The highest BCUT2D eigenvalue weighted by molar-refractivity contribution is 7.88. The molecule has 2 aromatic rings. The molecule has 0 aliphatic carbocycles. The van der Waals surface area contributed by atoms with Crippen molar-refractivity contribution < 1.29 is 13.2 Å². The largest absolute Gasteiger partial charge is 0.313 e. The molecule has 0 fully saturated rings. The van der Waals surface area contributed by atoms with Crippen molar-refractivity contribution in [1.29, 1.82) is 0 Å². The minimum absolute atomic E-state index is 0.0902. The lowest BCUT2D eigenvalue weighted by Gasteiger charge is -2.28. The highest BCUT2D eigenvalue weighted by atomic mass is 32.2. The average Bonchev–Trinajstić information content (AvgIpc) is 2.63. The number of nitrogens with zero attached hydrogens (tertiary/aromatic N) is 2. The highest BCUT2D eigenvalue weighted by Gasteiger charge is 2.26. The Morgan fingerprint density at radius 3 is 2.04 bits per heavy atom. The van der Waals surface area contributed by atoms with Crippen LogP contribution in [0.2, 0.25) is 0 Å². The van der Waals surface area contributed by atoms with Crippen molar-refractivity contribution in [2.45, 2.75) is 26.3 Å². The van der Waals surface area contributed by atoms with Gasteiger partial charge in [-0.15, -0.1) is 0 Å². The van der Waals surface area contributed by atoms with Gasteiger partial charge in [-0.05, 0) is 31.5 Å². The first-order chi connectivity index (χ1) is 12.3. The molecule has 0 bridgehead atoms. The summed E-state index contributed by atoms with van der Waals surface area (Å²) in [5.41, 5.74) is 1.72. The number of carbonyl (C=O) groups is 1. The van der Waals surface area contributed by atoms with Gasteiger partial charge in [0.1, 0.15) is 0 Å². The zero-order valence-corrected chi connectivity index (χ0v) is 16.3. The van der Waals surface area contributed by atoms with E-state index in [4.69, 9.17) is 0 Å². The summed E-state index contributed by atoms with van der Waals surface area (Å²) in [6.45, 7) is 4.44. The Balaban J connectivity index is 2.13. The quantitative estimate of drug-likeness (QED) is 0.711. The van der Waals surface area contributed by atoms with Gasteiger partial charge in [0.05, 0.1) is 6.26 Å². The van der Waals surface area contributed by atoms with Crippen LogP contribution in [0.25, 0.3) is 0 Å². The van der Waals surface area contributed by atoms with E-state index in [0.29, 0.717) is 6.54 Å². The Labute approximate surface area is 156 Å². The molecule has 5 nitrogen and oxygen atoms in total. The van der Waals surface area contributed by atoms with E-state index in [1.54, 1.807) is 4.90 Å². The number of para-hydroxylation sites is 1. The summed E-state index contributed by atoms with van der Waals surface area (Å²) in [5.74, 6) is -0.0902. The molecule has 0 spiro atoms. The predicted octanol–water partition coefficient (Wildman–Crippen LogP) is 3.45. The van der Waals surface area contributed by atoms with Crippen molar-refractivity contribution in [3.8, 4) is 0 Å². The maximum atomic E-state index is 12.7. The topological polar surface area (TPSA) is 57.7 Å². The SMILES string of the molecule is CCN(C(=O)CCN(C(C)c1ccccc1)S(C)(=O)=O)c1ccccc1. The van der Waals surface area contributed by atoms with Crippen LogP contribution < -0.4 is 4.90 Å². The number of anilines is 1. The van der Waals surface area contributed by atoms with E-state index >= 15 is 0 Å². The summed E-state index contributed by atoms with van der Waals surface area (Å²) in [4.78, 5) is 14.3. The fourth-order valence-corrected chi connectivity index (χ4v) is 4.12. The molecule has 0 aliphatic rings. The van der Waals surface area contributed by atoms with E-state index in [2.05, 4.69) is 0 Å². The maximum Gasteiger partial charge on any atom is 0.228 e. The minimum Gasteiger partial charge on any atom is -0.313 e. The van der Waals surface area contributed by atoms with E-state index in [1.807, 2.05) is 74.5 Å². The van der Waals surface area contributed by atoms with Gasteiger partial charge in [0.2, 0.25) is 15.9 Å². The Hall–Kier alpha value is -2.18.